The normalized spacial score (nSPS) is 12.8. The molecule has 0 unspecified atom stereocenters. The van der Waals surface area contributed by atoms with Crippen molar-refractivity contribution in [1.82, 2.24) is 9.38 Å². The van der Waals surface area contributed by atoms with E-state index in [2.05, 4.69) is 14.7 Å². The Morgan fingerprint density at radius 1 is 1.35 bits per heavy atom. The minimum absolute atomic E-state index is 0.0816. The fraction of sp³-hybridized carbons (Fsp3) is 0.250. The molecule has 0 saturated heterocycles. The van der Waals surface area contributed by atoms with Crippen LogP contribution in [0.15, 0.2) is 29.5 Å². The van der Waals surface area contributed by atoms with Gasteiger partial charge in [0, 0.05) is 6.20 Å². The van der Waals surface area contributed by atoms with Crippen molar-refractivity contribution in [2.45, 2.75) is 13.1 Å². The first kappa shape index (κ1) is 14.0. The molecule has 0 atom stereocenters. The number of aliphatic imine (C=N–C) groups is 1. The zero-order chi connectivity index (χ0) is 14.9. The van der Waals surface area contributed by atoms with Gasteiger partial charge in [-0.15, -0.1) is 0 Å². The monoisotopic (exact) mass is 285 g/mol. The Hall–Kier alpha value is -2.38. The number of pyridine rings is 1. The highest BCUT2D eigenvalue weighted by molar-refractivity contribution is 5.90. The molecule has 106 valence electrons. The van der Waals surface area contributed by atoms with Crippen LogP contribution in [0.3, 0.4) is 0 Å². The van der Waals surface area contributed by atoms with Crippen molar-refractivity contribution in [3.63, 3.8) is 0 Å². The first-order valence-electron chi connectivity index (χ1n) is 5.51. The number of hydrogen-bond acceptors (Lipinski definition) is 4. The van der Waals surface area contributed by atoms with Gasteiger partial charge < -0.3 is 9.14 Å². The second-order valence-electron chi connectivity index (χ2n) is 3.97. The zero-order valence-corrected chi connectivity index (χ0v) is 10.6. The van der Waals surface area contributed by atoms with Crippen LogP contribution in [0, 0.1) is 0 Å². The van der Waals surface area contributed by atoms with E-state index >= 15 is 0 Å². The number of imidazole rings is 1. The van der Waals surface area contributed by atoms with Crippen molar-refractivity contribution in [1.29, 1.82) is 0 Å². The van der Waals surface area contributed by atoms with Crippen LogP contribution >= 0.6 is 0 Å². The van der Waals surface area contributed by atoms with E-state index in [0.29, 0.717) is 5.65 Å². The van der Waals surface area contributed by atoms with Crippen LogP contribution in [-0.2, 0) is 4.74 Å². The summed E-state index contributed by atoms with van der Waals surface area (Å²) in [7, 11) is 1.24. The van der Waals surface area contributed by atoms with Crippen molar-refractivity contribution >= 4 is 23.1 Å². The zero-order valence-electron chi connectivity index (χ0n) is 10.6. The number of alkyl halides is 3. The molecule has 0 saturated carbocycles. The molecule has 0 bridgehead atoms. The fourth-order valence-electron chi connectivity index (χ4n) is 1.51. The minimum atomic E-state index is -4.49. The number of carbonyl (C=O) groups is 1. The van der Waals surface area contributed by atoms with Crippen molar-refractivity contribution < 1.29 is 22.7 Å². The summed E-state index contributed by atoms with van der Waals surface area (Å²) in [6.07, 6.45) is -1.78. The topological polar surface area (TPSA) is 56.0 Å². The smallest absolute Gasteiger partial charge is 0.429 e. The van der Waals surface area contributed by atoms with E-state index in [0.717, 1.165) is 6.92 Å². The number of esters is 1. The Morgan fingerprint density at radius 3 is 2.65 bits per heavy atom. The largest absolute Gasteiger partial charge is 0.465 e. The molecule has 0 aliphatic carbocycles. The molecular formula is C12H10F3N3O2. The Balaban J connectivity index is 2.42. The SMILES string of the molecule is COC(=O)c1ccc2nc(N=C(C)C(F)(F)F)cn2c1. The lowest BCUT2D eigenvalue weighted by molar-refractivity contribution is -0.0591. The molecule has 0 fully saturated rings. The van der Waals surface area contributed by atoms with E-state index in [1.54, 1.807) is 0 Å². The molecule has 2 aromatic heterocycles. The van der Waals surface area contributed by atoms with Gasteiger partial charge in [0.05, 0.1) is 18.9 Å². The van der Waals surface area contributed by atoms with Crippen LogP contribution in [0.5, 0.6) is 0 Å². The van der Waals surface area contributed by atoms with Gasteiger partial charge in [-0.1, -0.05) is 0 Å². The third-order valence-electron chi connectivity index (χ3n) is 2.55. The van der Waals surface area contributed by atoms with Crippen LogP contribution < -0.4 is 0 Å². The first-order valence-corrected chi connectivity index (χ1v) is 5.51. The number of nitrogens with zero attached hydrogens (tertiary/aromatic N) is 3. The number of rotatable bonds is 2. The van der Waals surface area contributed by atoms with Crippen LogP contribution in [0.2, 0.25) is 0 Å². The molecule has 0 spiro atoms. The molecule has 20 heavy (non-hydrogen) atoms. The van der Waals surface area contributed by atoms with Crippen molar-refractivity contribution in [3.8, 4) is 0 Å². The fourth-order valence-corrected chi connectivity index (χ4v) is 1.51. The van der Waals surface area contributed by atoms with Gasteiger partial charge in [0.2, 0.25) is 0 Å². The van der Waals surface area contributed by atoms with Crippen LogP contribution in [0.1, 0.15) is 17.3 Å². The Labute approximate surface area is 111 Å². The molecule has 8 heteroatoms. The van der Waals surface area contributed by atoms with E-state index < -0.39 is 17.9 Å². The van der Waals surface area contributed by atoms with E-state index in [4.69, 9.17) is 0 Å². The predicted octanol–water partition coefficient (Wildman–Crippen LogP) is 2.78. The molecular weight excluding hydrogens is 275 g/mol. The third kappa shape index (κ3) is 2.79. The quantitative estimate of drug-likeness (QED) is 0.629. The molecule has 0 aliphatic rings. The van der Waals surface area contributed by atoms with Crippen LogP contribution in [-0.4, -0.2) is 34.4 Å². The highest BCUT2D eigenvalue weighted by atomic mass is 19.4. The van der Waals surface area contributed by atoms with E-state index in [1.165, 1.54) is 36.0 Å². The van der Waals surface area contributed by atoms with Gasteiger partial charge in [-0.3, -0.25) is 0 Å². The molecule has 2 aromatic rings. The maximum absolute atomic E-state index is 12.4. The summed E-state index contributed by atoms with van der Waals surface area (Å²) in [5.41, 5.74) is -0.346. The second-order valence-corrected chi connectivity index (χ2v) is 3.97. The summed E-state index contributed by atoms with van der Waals surface area (Å²) in [6, 6.07) is 2.96. The number of fused-ring (bicyclic) bond motifs is 1. The molecule has 2 rings (SSSR count). The van der Waals surface area contributed by atoms with Gasteiger partial charge >= 0.3 is 12.1 Å². The summed E-state index contributed by atoms with van der Waals surface area (Å²) in [6.45, 7) is 0.865. The number of carbonyl (C=O) groups excluding carboxylic acids is 1. The summed E-state index contributed by atoms with van der Waals surface area (Å²) >= 11 is 0. The predicted molar refractivity (Wildman–Crippen MR) is 65.4 cm³/mol. The molecule has 2 heterocycles. The average molecular weight is 285 g/mol. The summed E-state index contributed by atoms with van der Waals surface area (Å²) in [5.74, 6) is -0.626. The third-order valence-corrected chi connectivity index (χ3v) is 2.55. The van der Waals surface area contributed by atoms with Gasteiger partial charge in [-0.25, -0.2) is 14.8 Å². The average Bonchev–Trinajstić information content (AvgIpc) is 2.77. The van der Waals surface area contributed by atoms with Gasteiger partial charge in [0.25, 0.3) is 0 Å². The minimum Gasteiger partial charge on any atom is -0.465 e. The summed E-state index contributed by atoms with van der Waals surface area (Å²) < 4.78 is 43.1. The second kappa shape index (κ2) is 4.95. The summed E-state index contributed by atoms with van der Waals surface area (Å²) in [4.78, 5) is 18.7. The Morgan fingerprint density at radius 2 is 2.05 bits per heavy atom. The number of halogens is 3. The maximum atomic E-state index is 12.4. The summed E-state index contributed by atoms with van der Waals surface area (Å²) in [5, 5.41) is 0. The van der Waals surface area contributed by atoms with Gasteiger partial charge in [-0.2, -0.15) is 13.2 Å². The van der Waals surface area contributed by atoms with Gasteiger partial charge in [0.1, 0.15) is 11.4 Å². The Bertz CT molecular complexity index is 689. The standard InChI is InChI=1S/C12H10F3N3O2/c1-7(12(13,14)15)16-9-6-18-5-8(11(19)20-2)3-4-10(18)17-9/h3-6H,1-2H3. The van der Waals surface area contributed by atoms with E-state index in [-0.39, 0.29) is 11.4 Å². The van der Waals surface area contributed by atoms with Crippen molar-refractivity contribution in [2.75, 3.05) is 7.11 Å². The van der Waals surface area contributed by atoms with E-state index in [1.807, 2.05) is 0 Å². The molecule has 0 N–H and O–H groups in total. The maximum Gasteiger partial charge on any atom is 0.429 e. The molecule has 0 radical (unpaired) electrons. The molecule has 0 aliphatic heterocycles. The highest BCUT2D eigenvalue weighted by Crippen LogP contribution is 2.21. The highest BCUT2D eigenvalue weighted by Gasteiger charge is 2.32. The molecule has 0 aromatic carbocycles. The van der Waals surface area contributed by atoms with Gasteiger partial charge in [-0.05, 0) is 19.1 Å². The number of hydrogen-bond donors (Lipinski definition) is 0. The van der Waals surface area contributed by atoms with Gasteiger partial charge in [0.15, 0.2) is 5.82 Å². The van der Waals surface area contributed by atoms with Crippen LogP contribution in [0.4, 0.5) is 19.0 Å². The number of aromatic nitrogens is 2. The lowest BCUT2D eigenvalue weighted by Gasteiger charge is -2.02. The van der Waals surface area contributed by atoms with Crippen molar-refractivity contribution in [2.24, 2.45) is 4.99 Å². The van der Waals surface area contributed by atoms with Crippen molar-refractivity contribution in [3.05, 3.63) is 30.1 Å². The molecule has 5 nitrogen and oxygen atoms in total. The van der Waals surface area contributed by atoms with Crippen LogP contribution in [0.25, 0.3) is 5.65 Å². The number of methoxy groups -OCH3 is 1. The Kier molecular flexibility index (Phi) is 3.47. The lowest BCUT2D eigenvalue weighted by atomic mass is 10.3. The number of ether oxygens (including phenoxy) is 1. The molecule has 0 amide bonds. The first-order chi connectivity index (χ1) is 9.31. The lowest BCUT2D eigenvalue weighted by Crippen LogP contribution is -2.18. The van der Waals surface area contributed by atoms with E-state index in [9.17, 15) is 18.0 Å².